The standard InChI is InChI=1S/C10H24N2O2/c1-3-12(4-2)6-8-14-10-9-13-7-5-11/h3-11H2,1-2H3. The maximum Gasteiger partial charge on any atom is 0.0701 e. The Kier molecular flexibility index (Phi) is 10.8. The molecule has 0 saturated heterocycles. The second-order valence-electron chi connectivity index (χ2n) is 3.04. The highest BCUT2D eigenvalue weighted by molar-refractivity contribution is 4.49. The predicted molar refractivity (Wildman–Crippen MR) is 58.5 cm³/mol. The van der Waals surface area contributed by atoms with Crippen LogP contribution in [0.4, 0.5) is 0 Å². The Hall–Kier alpha value is -0.160. The van der Waals surface area contributed by atoms with Crippen molar-refractivity contribution in [3.8, 4) is 0 Å². The summed E-state index contributed by atoms with van der Waals surface area (Å²) in [6, 6.07) is 0. The van der Waals surface area contributed by atoms with Crippen LogP contribution in [0.2, 0.25) is 0 Å². The molecule has 0 fully saturated rings. The largest absolute Gasteiger partial charge is 0.378 e. The monoisotopic (exact) mass is 204 g/mol. The van der Waals surface area contributed by atoms with Crippen LogP contribution in [0.5, 0.6) is 0 Å². The lowest BCUT2D eigenvalue weighted by Crippen LogP contribution is -2.27. The predicted octanol–water partition coefficient (Wildman–Crippen LogP) is 0.320. The molecule has 86 valence electrons. The number of likely N-dealkylation sites (N-methyl/N-ethyl adjacent to an activating group) is 1. The third-order valence-electron chi connectivity index (χ3n) is 2.08. The van der Waals surface area contributed by atoms with Crippen molar-refractivity contribution in [3.63, 3.8) is 0 Å². The van der Waals surface area contributed by atoms with Gasteiger partial charge >= 0.3 is 0 Å². The fourth-order valence-corrected chi connectivity index (χ4v) is 1.14. The fourth-order valence-electron chi connectivity index (χ4n) is 1.14. The molecule has 0 heterocycles. The van der Waals surface area contributed by atoms with Crippen LogP contribution < -0.4 is 5.73 Å². The molecule has 0 aliphatic heterocycles. The zero-order valence-corrected chi connectivity index (χ0v) is 9.50. The summed E-state index contributed by atoms with van der Waals surface area (Å²) in [5.74, 6) is 0. The molecule has 0 radical (unpaired) electrons. The van der Waals surface area contributed by atoms with Crippen molar-refractivity contribution in [2.24, 2.45) is 5.73 Å². The molecular weight excluding hydrogens is 180 g/mol. The molecule has 0 amide bonds. The van der Waals surface area contributed by atoms with Crippen molar-refractivity contribution >= 4 is 0 Å². The average molecular weight is 204 g/mol. The third kappa shape index (κ3) is 8.44. The molecule has 4 heteroatoms. The Morgan fingerprint density at radius 1 is 0.929 bits per heavy atom. The smallest absolute Gasteiger partial charge is 0.0701 e. The zero-order chi connectivity index (χ0) is 10.6. The van der Waals surface area contributed by atoms with Gasteiger partial charge in [0.05, 0.1) is 26.4 Å². The minimum Gasteiger partial charge on any atom is -0.378 e. The molecule has 0 unspecified atom stereocenters. The summed E-state index contributed by atoms with van der Waals surface area (Å²) >= 11 is 0. The van der Waals surface area contributed by atoms with Crippen LogP contribution in [0, 0.1) is 0 Å². The van der Waals surface area contributed by atoms with Gasteiger partial charge in [-0.25, -0.2) is 0 Å². The molecule has 2 N–H and O–H groups in total. The Morgan fingerprint density at radius 3 is 2.00 bits per heavy atom. The lowest BCUT2D eigenvalue weighted by Gasteiger charge is -2.17. The van der Waals surface area contributed by atoms with Gasteiger partial charge in [0.2, 0.25) is 0 Å². The molecule has 4 nitrogen and oxygen atoms in total. The van der Waals surface area contributed by atoms with Gasteiger partial charge in [0, 0.05) is 13.1 Å². The van der Waals surface area contributed by atoms with Crippen LogP contribution >= 0.6 is 0 Å². The molecule has 0 spiro atoms. The molecule has 0 rings (SSSR count). The van der Waals surface area contributed by atoms with Crippen molar-refractivity contribution < 1.29 is 9.47 Å². The Labute approximate surface area is 87.4 Å². The van der Waals surface area contributed by atoms with Crippen LogP contribution in [-0.4, -0.2) is 57.5 Å². The first-order valence-corrected chi connectivity index (χ1v) is 5.43. The van der Waals surface area contributed by atoms with E-state index >= 15 is 0 Å². The maximum atomic E-state index is 5.41. The summed E-state index contributed by atoms with van der Waals surface area (Å²) in [6.07, 6.45) is 0. The van der Waals surface area contributed by atoms with Gasteiger partial charge in [-0.15, -0.1) is 0 Å². The van der Waals surface area contributed by atoms with Crippen LogP contribution in [0.1, 0.15) is 13.8 Å². The second-order valence-corrected chi connectivity index (χ2v) is 3.04. The van der Waals surface area contributed by atoms with E-state index < -0.39 is 0 Å². The van der Waals surface area contributed by atoms with E-state index in [9.17, 15) is 0 Å². The molecule has 0 aliphatic carbocycles. The lowest BCUT2D eigenvalue weighted by atomic mass is 10.5. The van der Waals surface area contributed by atoms with E-state index in [0.29, 0.717) is 26.4 Å². The van der Waals surface area contributed by atoms with Crippen molar-refractivity contribution in [1.29, 1.82) is 0 Å². The summed E-state index contributed by atoms with van der Waals surface area (Å²) in [7, 11) is 0. The first kappa shape index (κ1) is 13.8. The lowest BCUT2D eigenvalue weighted by molar-refractivity contribution is 0.0421. The zero-order valence-electron chi connectivity index (χ0n) is 9.50. The molecule has 14 heavy (non-hydrogen) atoms. The van der Waals surface area contributed by atoms with Crippen LogP contribution in [0.3, 0.4) is 0 Å². The number of hydrogen-bond acceptors (Lipinski definition) is 4. The van der Waals surface area contributed by atoms with E-state index in [1.54, 1.807) is 0 Å². The minimum absolute atomic E-state index is 0.583. The van der Waals surface area contributed by atoms with Gasteiger partial charge < -0.3 is 20.1 Å². The van der Waals surface area contributed by atoms with Crippen molar-refractivity contribution in [2.45, 2.75) is 13.8 Å². The first-order chi connectivity index (χ1) is 6.85. The molecule has 0 aliphatic rings. The molecule has 0 saturated carbocycles. The number of rotatable bonds is 10. The summed E-state index contributed by atoms with van der Waals surface area (Å²) in [5, 5.41) is 0. The molecule has 0 bridgehead atoms. The van der Waals surface area contributed by atoms with Gasteiger partial charge in [-0.1, -0.05) is 13.8 Å². The highest BCUT2D eigenvalue weighted by Gasteiger charge is 1.97. The highest BCUT2D eigenvalue weighted by Crippen LogP contribution is 1.87. The van der Waals surface area contributed by atoms with E-state index in [-0.39, 0.29) is 0 Å². The summed E-state index contributed by atoms with van der Waals surface area (Å²) in [6.45, 7) is 10.8. The first-order valence-electron chi connectivity index (χ1n) is 5.43. The normalized spacial score (nSPS) is 11.1. The van der Waals surface area contributed by atoms with Gasteiger partial charge in [0.1, 0.15) is 0 Å². The van der Waals surface area contributed by atoms with E-state index in [1.165, 1.54) is 0 Å². The van der Waals surface area contributed by atoms with Gasteiger partial charge in [-0.3, -0.25) is 0 Å². The Morgan fingerprint density at radius 2 is 1.50 bits per heavy atom. The van der Waals surface area contributed by atoms with Gasteiger partial charge in [0.25, 0.3) is 0 Å². The van der Waals surface area contributed by atoms with Crippen LogP contribution in [-0.2, 0) is 9.47 Å². The maximum absolute atomic E-state index is 5.41. The second kappa shape index (κ2) is 10.9. The molecule has 0 aromatic heterocycles. The van der Waals surface area contributed by atoms with E-state index in [4.69, 9.17) is 15.2 Å². The van der Waals surface area contributed by atoms with Crippen molar-refractivity contribution in [1.82, 2.24) is 4.90 Å². The average Bonchev–Trinajstić information content (AvgIpc) is 2.22. The Balaban J connectivity index is 3.04. The number of hydrogen-bond donors (Lipinski definition) is 1. The van der Waals surface area contributed by atoms with E-state index in [2.05, 4.69) is 18.7 Å². The third-order valence-corrected chi connectivity index (χ3v) is 2.08. The van der Waals surface area contributed by atoms with Gasteiger partial charge in [-0.05, 0) is 13.1 Å². The SMILES string of the molecule is CCN(CC)CCOCCOCCN. The molecule has 0 atom stereocenters. The van der Waals surface area contributed by atoms with E-state index in [1.807, 2.05) is 0 Å². The quantitative estimate of drug-likeness (QED) is 0.521. The summed E-state index contributed by atoms with van der Waals surface area (Å²) < 4.78 is 10.6. The van der Waals surface area contributed by atoms with Gasteiger partial charge in [0.15, 0.2) is 0 Å². The molecule has 0 aromatic rings. The number of nitrogens with zero attached hydrogens (tertiary/aromatic N) is 1. The van der Waals surface area contributed by atoms with Gasteiger partial charge in [-0.2, -0.15) is 0 Å². The summed E-state index contributed by atoms with van der Waals surface area (Å²) in [4.78, 5) is 2.33. The highest BCUT2D eigenvalue weighted by atomic mass is 16.5. The minimum atomic E-state index is 0.583. The van der Waals surface area contributed by atoms with Crippen LogP contribution in [0.25, 0.3) is 0 Å². The number of ether oxygens (including phenoxy) is 2. The van der Waals surface area contributed by atoms with Crippen molar-refractivity contribution in [2.75, 3.05) is 52.6 Å². The topological polar surface area (TPSA) is 47.7 Å². The van der Waals surface area contributed by atoms with Crippen LogP contribution in [0.15, 0.2) is 0 Å². The summed E-state index contributed by atoms with van der Waals surface area (Å²) in [5.41, 5.74) is 5.27. The van der Waals surface area contributed by atoms with Crippen molar-refractivity contribution in [3.05, 3.63) is 0 Å². The number of nitrogens with two attached hydrogens (primary N) is 1. The molecule has 0 aromatic carbocycles. The molecular formula is C10H24N2O2. The van der Waals surface area contributed by atoms with E-state index in [0.717, 1.165) is 26.2 Å². The Bertz CT molecular complexity index is 108. The fraction of sp³-hybridized carbons (Fsp3) is 1.00.